The van der Waals surface area contributed by atoms with Crippen LogP contribution in [0.1, 0.15) is 39.0 Å². The van der Waals surface area contributed by atoms with Gasteiger partial charge in [0.05, 0.1) is 0 Å². The Kier molecular flexibility index (Phi) is 5.78. The van der Waals surface area contributed by atoms with Crippen LogP contribution < -0.4 is 0 Å². The minimum Gasteiger partial charge on any atom is -0.432 e. The Hall–Kier alpha value is -1.16. The highest BCUT2D eigenvalue weighted by Gasteiger charge is 2.16. The van der Waals surface area contributed by atoms with Crippen molar-refractivity contribution in [3.63, 3.8) is 0 Å². The lowest BCUT2D eigenvalue weighted by molar-refractivity contribution is -0.172. The average Bonchev–Trinajstić information content (AvgIpc) is 2.28. The summed E-state index contributed by atoms with van der Waals surface area (Å²) in [7, 11) is 0. The third-order valence-corrected chi connectivity index (χ3v) is 2.31. The van der Waals surface area contributed by atoms with Crippen LogP contribution in [0.3, 0.4) is 0 Å². The van der Waals surface area contributed by atoms with Gasteiger partial charge in [-0.2, -0.15) is 0 Å². The summed E-state index contributed by atoms with van der Waals surface area (Å²) in [5.41, 5.74) is 0. The summed E-state index contributed by atoms with van der Waals surface area (Å²) < 4.78 is 10.0. The van der Waals surface area contributed by atoms with E-state index in [1.165, 1.54) is 12.2 Å². The smallest absolute Gasteiger partial charge is 0.308 e. The number of ether oxygens (including phenoxy) is 2. The van der Waals surface area contributed by atoms with Crippen molar-refractivity contribution in [3.05, 3.63) is 12.2 Å². The monoisotopic (exact) mass is 226 g/mol. The number of hydrogen-bond acceptors (Lipinski definition) is 4. The first-order chi connectivity index (χ1) is 7.72. The molecule has 16 heavy (non-hydrogen) atoms. The molecule has 1 aliphatic rings. The third kappa shape index (κ3) is 5.07. The van der Waals surface area contributed by atoms with E-state index < -0.39 is 6.29 Å². The second kappa shape index (κ2) is 7.17. The first-order valence-electron chi connectivity index (χ1n) is 5.74. The molecule has 0 N–H and O–H groups in total. The number of esters is 1. The lowest BCUT2D eigenvalue weighted by Gasteiger charge is -2.17. The second-order valence-electron chi connectivity index (χ2n) is 3.81. The predicted octanol–water partition coefficient (Wildman–Crippen LogP) is 1.98. The van der Waals surface area contributed by atoms with Crippen molar-refractivity contribution >= 4 is 11.8 Å². The van der Waals surface area contributed by atoms with E-state index in [0.29, 0.717) is 6.42 Å². The van der Waals surface area contributed by atoms with Gasteiger partial charge in [0.15, 0.2) is 5.78 Å². The summed E-state index contributed by atoms with van der Waals surface area (Å²) in [6.45, 7) is 2.11. The Bertz CT molecular complexity index is 270. The lowest BCUT2D eigenvalue weighted by atomic mass is 10.2. The molecule has 0 radical (unpaired) electrons. The van der Waals surface area contributed by atoms with Crippen LogP contribution in [0.25, 0.3) is 0 Å². The van der Waals surface area contributed by atoms with Crippen LogP contribution in [-0.2, 0) is 19.1 Å². The topological polar surface area (TPSA) is 52.6 Å². The highest BCUT2D eigenvalue weighted by atomic mass is 16.7. The normalized spacial score (nSPS) is 19.8. The third-order valence-electron chi connectivity index (χ3n) is 2.31. The fourth-order valence-electron chi connectivity index (χ4n) is 1.41. The Morgan fingerprint density at radius 3 is 2.94 bits per heavy atom. The summed E-state index contributed by atoms with van der Waals surface area (Å²) >= 11 is 0. The number of carbonyl (C=O) groups excluding carboxylic acids is 2. The van der Waals surface area contributed by atoms with Gasteiger partial charge in [0.25, 0.3) is 0 Å². The van der Waals surface area contributed by atoms with Crippen LogP contribution in [-0.4, -0.2) is 24.6 Å². The van der Waals surface area contributed by atoms with E-state index in [1.54, 1.807) is 0 Å². The molecule has 0 aromatic rings. The zero-order valence-electron chi connectivity index (χ0n) is 9.61. The number of carbonyl (C=O) groups is 2. The van der Waals surface area contributed by atoms with E-state index in [9.17, 15) is 9.59 Å². The first-order valence-corrected chi connectivity index (χ1v) is 5.74. The van der Waals surface area contributed by atoms with Crippen molar-refractivity contribution in [2.75, 3.05) is 6.61 Å². The SMILES string of the molecule is CCCCCCC(=O)OC1C=CC(=O)CO1. The highest BCUT2D eigenvalue weighted by molar-refractivity contribution is 5.91. The molecule has 0 aromatic carbocycles. The van der Waals surface area contributed by atoms with E-state index in [2.05, 4.69) is 6.92 Å². The number of hydrogen-bond donors (Lipinski definition) is 0. The molecular weight excluding hydrogens is 208 g/mol. The van der Waals surface area contributed by atoms with Crippen LogP contribution in [0, 0.1) is 0 Å². The molecule has 90 valence electrons. The van der Waals surface area contributed by atoms with Crippen LogP contribution >= 0.6 is 0 Å². The van der Waals surface area contributed by atoms with E-state index in [4.69, 9.17) is 9.47 Å². The van der Waals surface area contributed by atoms with Crippen LogP contribution in [0.2, 0.25) is 0 Å². The maximum Gasteiger partial charge on any atom is 0.308 e. The van der Waals surface area contributed by atoms with Crippen molar-refractivity contribution in [1.82, 2.24) is 0 Å². The van der Waals surface area contributed by atoms with Gasteiger partial charge in [-0.3, -0.25) is 9.59 Å². The molecule has 0 bridgehead atoms. The van der Waals surface area contributed by atoms with Crippen LogP contribution in [0.4, 0.5) is 0 Å². The summed E-state index contributed by atoms with van der Waals surface area (Å²) in [4.78, 5) is 22.1. The van der Waals surface area contributed by atoms with Crippen molar-refractivity contribution in [1.29, 1.82) is 0 Å². The Labute approximate surface area is 95.6 Å². The minimum atomic E-state index is -0.684. The molecule has 1 aliphatic heterocycles. The number of unbranched alkanes of at least 4 members (excludes halogenated alkanes) is 3. The average molecular weight is 226 g/mol. The van der Waals surface area contributed by atoms with E-state index in [-0.39, 0.29) is 18.4 Å². The van der Waals surface area contributed by atoms with Gasteiger partial charge in [-0.1, -0.05) is 26.2 Å². The molecule has 0 amide bonds. The molecule has 1 rings (SSSR count). The van der Waals surface area contributed by atoms with Crippen molar-refractivity contribution < 1.29 is 19.1 Å². The van der Waals surface area contributed by atoms with Gasteiger partial charge < -0.3 is 9.47 Å². The lowest BCUT2D eigenvalue weighted by Crippen LogP contribution is -2.25. The molecule has 0 aromatic heterocycles. The molecular formula is C12H18O4. The van der Waals surface area contributed by atoms with E-state index >= 15 is 0 Å². The van der Waals surface area contributed by atoms with Crippen molar-refractivity contribution in [2.45, 2.75) is 45.3 Å². The standard InChI is InChI=1S/C12H18O4/c1-2-3-4-5-6-11(14)16-12-8-7-10(13)9-15-12/h7-8,12H,2-6,9H2,1H3. The fraction of sp³-hybridized carbons (Fsp3) is 0.667. The molecule has 0 fully saturated rings. The minimum absolute atomic E-state index is 0.00964. The first kappa shape index (κ1) is 12.9. The molecule has 0 saturated carbocycles. The highest BCUT2D eigenvalue weighted by Crippen LogP contribution is 2.08. The maximum absolute atomic E-state index is 11.3. The van der Waals surface area contributed by atoms with Gasteiger partial charge in [0.2, 0.25) is 6.29 Å². The summed E-state index contributed by atoms with van der Waals surface area (Å²) in [6, 6.07) is 0. The zero-order valence-corrected chi connectivity index (χ0v) is 9.61. The summed E-state index contributed by atoms with van der Waals surface area (Å²) in [6.07, 6.45) is 6.77. The van der Waals surface area contributed by atoms with Gasteiger partial charge >= 0.3 is 5.97 Å². The molecule has 0 saturated heterocycles. The molecule has 0 spiro atoms. The van der Waals surface area contributed by atoms with E-state index in [1.807, 2.05) is 0 Å². The van der Waals surface area contributed by atoms with Gasteiger partial charge in [-0.05, 0) is 18.6 Å². The van der Waals surface area contributed by atoms with Gasteiger partial charge in [0.1, 0.15) is 6.61 Å². The maximum atomic E-state index is 11.3. The Morgan fingerprint density at radius 1 is 1.50 bits per heavy atom. The number of rotatable bonds is 6. The molecule has 0 aliphatic carbocycles. The van der Waals surface area contributed by atoms with E-state index in [0.717, 1.165) is 25.7 Å². The largest absolute Gasteiger partial charge is 0.432 e. The summed E-state index contributed by atoms with van der Waals surface area (Å²) in [5.74, 6) is -0.365. The van der Waals surface area contributed by atoms with Gasteiger partial charge in [-0.15, -0.1) is 0 Å². The zero-order chi connectivity index (χ0) is 11.8. The molecule has 1 atom stereocenters. The van der Waals surface area contributed by atoms with Crippen molar-refractivity contribution in [3.8, 4) is 0 Å². The Balaban J connectivity index is 2.14. The van der Waals surface area contributed by atoms with Crippen LogP contribution in [0.5, 0.6) is 0 Å². The fourth-order valence-corrected chi connectivity index (χ4v) is 1.41. The molecule has 4 nitrogen and oxygen atoms in total. The molecule has 1 unspecified atom stereocenters. The van der Waals surface area contributed by atoms with Crippen LogP contribution in [0.15, 0.2) is 12.2 Å². The molecule has 4 heteroatoms. The van der Waals surface area contributed by atoms with Gasteiger partial charge in [-0.25, -0.2) is 0 Å². The van der Waals surface area contributed by atoms with Crippen molar-refractivity contribution in [2.24, 2.45) is 0 Å². The second-order valence-corrected chi connectivity index (χ2v) is 3.81. The summed E-state index contributed by atoms with van der Waals surface area (Å²) in [5, 5.41) is 0. The quantitative estimate of drug-likeness (QED) is 0.513. The molecule has 1 heterocycles. The van der Waals surface area contributed by atoms with Gasteiger partial charge in [0, 0.05) is 6.42 Å². The predicted molar refractivity (Wildman–Crippen MR) is 58.7 cm³/mol. The Morgan fingerprint density at radius 2 is 2.31 bits per heavy atom. The number of ketones is 1.